The normalized spacial score (nSPS) is 16.8. The molecule has 2 rings (SSSR count). The maximum absolute atomic E-state index is 12.7. The van der Waals surface area contributed by atoms with Gasteiger partial charge < -0.3 is 24.4 Å². The number of methoxy groups -OCH3 is 3. The molecule has 1 unspecified atom stereocenters. The second-order valence-corrected chi connectivity index (χ2v) is 6.71. The van der Waals surface area contributed by atoms with E-state index < -0.39 is 6.04 Å². The van der Waals surface area contributed by atoms with Crippen LogP contribution in [-0.2, 0) is 16.0 Å². The Balaban J connectivity index is 2.69. The largest absolute Gasteiger partial charge is 0.496 e. The number of Topliss-reactive ketones (excluding diaryl/α,β-unsaturated/α-hetero) is 1. The van der Waals surface area contributed by atoms with Crippen LogP contribution in [-0.4, -0.2) is 68.8 Å². The number of amides is 2. The highest BCUT2D eigenvalue weighted by Gasteiger charge is 2.35. The molecule has 0 bridgehead atoms. The van der Waals surface area contributed by atoms with Crippen molar-refractivity contribution in [2.24, 2.45) is 0 Å². The fraction of sp³-hybridized carbons (Fsp3) is 0.500. The third kappa shape index (κ3) is 3.87. The van der Waals surface area contributed by atoms with Crippen molar-refractivity contribution in [3.05, 3.63) is 16.7 Å². The number of nitrogens with one attached hydrogen (secondary N) is 1. The molecule has 0 saturated carbocycles. The van der Waals surface area contributed by atoms with Crippen molar-refractivity contribution in [2.75, 3.05) is 40.3 Å². The summed E-state index contributed by atoms with van der Waals surface area (Å²) in [6.45, 7) is 1.78. The van der Waals surface area contributed by atoms with Crippen molar-refractivity contribution in [1.82, 2.24) is 10.2 Å². The minimum absolute atomic E-state index is 0.00458. The third-order valence-corrected chi connectivity index (χ3v) is 5.01. The predicted molar refractivity (Wildman–Crippen MR) is 102 cm³/mol. The number of piperazine rings is 1. The predicted octanol–water partition coefficient (Wildman–Crippen LogP) is 1.10. The second-order valence-electron chi connectivity index (χ2n) is 6.15. The molecule has 1 aliphatic rings. The Kier molecular flexibility index (Phi) is 6.69. The van der Waals surface area contributed by atoms with E-state index in [2.05, 4.69) is 21.2 Å². The number of likely N-dealkylation sites (N-methyl/N-ethyl adjacent to an activating group) is 1. The van der Waals surface area contributed by atoms with Crippen LogP contribution in [0.1, 0.15) is 21.5 Å². The molecule has 1 atom stereocenters. The van der Waals surface area contributed by atoms with Gasteiger partial charge in [0.2, 0.25) is 11.8 Å². The number of hydrogen-bond acceptors (Lipinski definition) is 6. The van der Waals surface area contributed by atoms with Gasteiger partial charge in [0.1, 0.15) is 11.8 Å². The smallest absolute Gasteiger partial charge is 0.245 e. The molecule has 9 heteroatoms. The van der Waals surface area contributed by atoms with Gasteiger partial charge in [0.05, 0.1) is 38.8 Å². The van der Waals surface area contributed by atoms with Gasteiger partial charge in [0.15, 0.2) is 17.3 Å². The van der Waals surface area contributed by atoms with E-state index in [4.69, 9.17) is 14.2 Å². The standard InChI is InChI=1S/C18H23BrN2O6/c1-9-15(25-3)10(6-11-18(24)21(2)8-13(23)20-11)14(12(22)7-19)17(27-5)16(9)26-4/h11H,6-8H2,1-5H3,(H,20,23). The van der Waals surface area contributed by atoms with Crippen LogP contribution in [0.25, 0.3) is 0 Å². The molecular formula is C18H23BrN2O6. The summed E-state index contributed by atoms with van der Waals surface area (Å²) in [5.41, 5.74) is 1.40. The molecule has 1 saturated heterocycles. The number of hydrogen-bond donors (Lipinski definition) is 1. The van der Waals surface area contributed by atoms with Crippen molar-refractivity contribution < 1.29 is 28.6 Å². The minimum Gasteiger partial charge on any atom is -0.496 e. The summed E-state index contributed by atoms with van der Waals surface area (Å²) in [7, 11) is 5.97. The van der Waals surface area contributed by atoms with Crippen LogP contribution in [0.15, 0.2) is 0 Å². The first kappa shape index (κ1) is 21.0. The lowest BCUT2D eigenvalue weighted by molar-refractivity contribution is -0.142. The summed E-state index contributed by atoms with van der Waals surface area (Å²) in [4.78, 5) is 38.4. The molecule has 0 radical (unpaired) electrons. The molecule has 1 N–H and O–H groups in total. The molecular weight excluding hydrogens is 420 g/mol. The summed E-state index contributed by atoms with van der Waals surface area (Å²) in [6, 6.07) is -0.801. The lowest BCUT2D eigenvalue weighted by Gasteiger charge is -2.31. The monoisotopic (exact) mass is 442 g/mol. The van der Waals surface area contributed by atoms with Crippen LogP contribution in [0.2, 0.25) is 0 Å². The number of nitrogens with zero attached hydrogens (tertiary/aromatic N) is 1. The highest BCUT2D eigenvalue weighted by Crippen LogP contribution is 2.44. The van der Waals surface area contributed by atoms with Crippen LogP contribution >= 0.6 is 15.9 Å². The van der Waals surface area contributed by atoms with Gasteiger partial charge >= 0.3 is 0 Å². The van der Waals surface area contributed by atoms with Crippen molar-refractivity contribution >= 4 is 33.5 Å². The van der Waals surface area contributed by atoms with Gasteiger partial charge in [-0.15, -0.1) is 0 Å². The summed E-state index contributed by atoms with van der Waals surface area (Å²) in [6.07, 6.45) is 0.0906. The van der Waals surface area contributed by atoms with Crippen molar-refractivity contribution in [3.8, 4) is 17.2 Å². The van der Waals surface area contributed by atoms with E-state index in [1.165, 1.54) is 26.2 Å². The number of alkyl halides is 1. The topological polar surface area (TPSA) is 94.2 Å². The van der Waals surface area contributed by atoms with Crippen LogP contribution < -0.4 is 19.5 Å². The Morgan fingerprint density at radius 3 is 2.26 bits per heavy atom. The summed E-state index contributed by atoms with van der Waals surface area (Å²) < 4.78 is 16.4. The van der Waals surface area contributed by atoms with E-state index in [1.807, 2.05) is 0 Å². The molecule has 0 aliphatic carbocycles. The van der Waals surface area contributed by atoms with Crippen molar-refractivity contribution in [3.63, 3.8) is 0 Å². The molecule has 27 heavy (non-hydrogen) atoms. The van der Waals surface area contributed by atoms with Gasteiger partial charge in [0.25, 0.3) is 0 Å². The zero-order valence-electron chi connectivity index (χ0n) is 16.0. The first-order valence-corrected chi connectivity index (χ1v) is 9.37. The zero-order valence-corrected chi connectivity index (χ0v) is 17.6. The highest BCUT2D eigenvalue weighted by atomic mass is 79.9. The Bertz CT molecular complexity index is 780. The Labute approximate surface area is 166 Å². The Morgan fingerprint density at radius 1 is 1.15 bits per heavy atom. The van der Waals surface area contributed by atoms with E-state index in [1.54, 1.807) is 14.0 Å². The average molecular weight is 443 g/mol. The quantitative estimate of drug-likeness (QED) is 0.501. The first-order chi connectivity index (χ1) is 12.8. The summed E-state index contributed by atoms with van der Waals surface area (Å²) in [5, 5.41) is 2.74. The maximum Gasteiger partial charge on any atom is 0.245 e. The molecule has 1 heterocycles. The molecule has 0 spiro atoms. The number of ether oxygens (including phenoxy) is 3. The van der Waals surface area contributed by atoms with Gasteiger partial charge in [-0.2, -0.15) is 0 Å². The Hall–Kier alpha value is -2.29. The lowest BCUT2D eigenvalue weighted by Crippen LogP contribution is -2.57. The third-order valence-electron chi connectivity index (χ3n) is 4.50. The number of rotatable bonds is 7. The molecule has 1 aliphatic heterocycles. The number of benzene rings is 1. The molecule has 1 aromatic rings. The van der Waals surface area contributed by atoms with Gasteiger partial charge in [-0.25, -0.2) is 0 Å². The average Bonchev–Trinajstić information content (AvgIpc) is 2.64. The fourth-order valence-corrected chi connectivity index (χ4v) is 3.62. The molecule has 0 aromatic heterocycles. The van der Waals surface area contributed by atoms with Crippen molar-refractivity contribution in [1.29, 1.82) is 0 Å². The molecule has 148 valence electrons. The van der Waals surface area contributed by atoms with E-state index in [9.17, 15) is 14.4 Å². The molecule has 1 aromatic carbocycles. The second kappa shape index (κ2) is 8.60. The number of carbonyl (C=O) groups excluding carboxylic acids is 3. The van der Waals surface area contributed by atoms with Crippen molar-refractivity contribution in [2.45, 2.75) is 19.4 Å². The Morgan fingerprint density at radius 2 is 1.74 bits per heavy atom. The van der Waals surface area contributed by atoms with E-state index in [0.29, 0.717) is 22.6 Å². The van der Waals surface area contributed by atoms with E-state index in [-0.39, 0.29) is 47.2 Å². The summed E-state index contributed by atoms with van der Waals surface area (Å²) in [5.74, 6) is 0.346. The van der Waals surface area contributed by atoms with Gasteiger partial charge in [-0.05, 0) is 6.92 Å². The van der Waals surface area contributed by atoms with E-state index in [0.717, 1.165) is 0 Å². The highest BCUT2D eigenvalue weighted by molar-refractivity contribution is 9.09. The van der Waals surface area contributed by atoms with Gasteiger partial charge in [0, 0.05) is 24.6 Å². The molecule has 2 amide bonds. The summed E-state index contributed by atoms with van der Waals surface area (Å²) >= 11 is 3.19. The number of halogens is 1. The van der Waals surface area contributed by atoms with E-state index >= 15 is 0 Å². The van der Waals surface area contributed by atoms with Crippen LogP contribution in [0.4, 0.5) is 0 Å². The van der Waals surface area contributed by atoms with Crippen LogP contribution in [0.3, 0.4) is 0 Å². The fourth-order valence-electron chi connectivity index (χ4n) is 3.34. The minimum atomic E-state index is -0.801. The lowest BCUT2D eigenvalue weighted by atomic mass is 9.91. The maximum atomic E-state index is 12.7. The number of carbonyl (C=O) groups is 3. The van der Waals surface area contributed by atoms with Gasteiger partial charge in [-0.1, -0.05) is 15.9 Å². The first-order valence-electron chi connectivity index (χ1n) is 8.25. The van der Waals surface area contributed by atoms with Crippen LogP contribution in [0.5, 0.6) is 17.2 Å². The molecule has 8 nitrogen and oxygen atoms in total. The SMILES string of the molecule is COc1c(C)c(OC)c(OC)c(C(=O)CBr)c1CC1NC(=O)CN(C)C1=O. The zero-order chi connectivity index (χ0) is 20.3. The molecule has 1 fully saturated rings. The van der Waals surface area contributed by atoms with Crippen LogP contribution in [0, 0.1) is 6.92 Å². The van der Waals surface area contributed by atoms with Gasteiger partial charge in [-0.3, -0.25) is 14.4 Å². The number of ketones is 1.